The van der Waals surface area contributed by atoms with E-state index in [1.54, 1.807) is 0 Å². The highest BCUT2D eigenvalue weighted by Gasteiger charge is 2.30. The average molecular weight is 268 g/mol. The van der Waals surface area contributed by atoms with Crippen molar-refractivity contribution in [3.05, 3.63) is 0 Å². The lowest BCUT2D eigenvalue weighted by atomic mass is 9.76. The van der Waals surface area contributed by atoms with Gasteiger partial charge in [-0.25, -0.2) is 0 Å². The Morgan fingerprint density at radius 3 is 2.32 bits per heavy atom. The Kier molecular flexibility index (Phi) is 5.84. The van der Waals surface area contributed by atoms with Gasteiger partial charge >= 0.3 is 0 Å². The van der Waals surface area contributed by atoms with Gasteiger partial charge in [0.25, 0.3) is 0 Å². The monoisotopic (exact) mass is 268 g/mol. The lowest BCUT2D eigenvalue weighted by Gasteiger charge is -2.31. The first kappa shape index (κ1) is 16.5. The second kappa shape index (κ2) is 6.74. The minimum Gasteiger partial charge on any atom is -0.351 e. The Bertz CT molecular complexity index is 288. The van der Waals surface area contributed by atoms with E-state index in [-0.39, 0.29) is 16.9 Å². The van der Waals surface area contributed by atoms with Gasteiger partial charge in [0.15, 0.2) is 0 Å². The topological polar surface area (TPSA) is 55.1 Å². The summed E-state index contributed by atoms with van der Waals surface area (Å²) < 4.78 is 0. The normalized spacial score (nSPS) is 20.3. The molecule has 112 valence electrons. The zero-order chi connectivity index (χ0) is 14.5. The predicted molar refractivity (Wildman–Crippen MR) is 80.9 cm³/mol. The van der Waals surface area contributed by atoms with E-state index in [0.717, 1.165) is 25.7 Å². The van der Waals surface area contributed by atoms with E-state index >= 15 is 0 Å². The van der Waals surface area contributed by atoms with Crippen molar-refractivity contribution in [1.29, 1.82) is 0 Å². The Morgan fingerprint density at radius 1 is 1.26 bits per heavy atom. The maximum atomic E-state index is 12.1. The molecule has 0 saturated heterocycles. The molecule has 0 heterocycles. The average Bonchev–Trinajstić information content (AvgIpc) is 2.69. The van der Waals surface area contributed by atoms with Gasteiger partial charge in [-0.05, 0) is 50.5 Å². The number of carbonyl (C=O) groups is 1. The molecule has 19 heavy (non-hydrogen) atoms. The van der Waals surface area contributed by atoms with Gasteiger partial charge in [-0.15, -0.1) is 0 Å². The molecule has 1 saturated carbocycles. The van der Waals surface area contributed by atoms with Crippen LogP contribution in [0.4, 0.5) is 0 Å². The number of nitrogens with one attached hydrogen (secondary N) is 1. The lowest BCUT2D eigenvalue weighted by Crippen LogP contribution is -2.43. The van der Waals surface area contributed by atoms with Crippen molar-refractivity contribution in [2.24, 2.45) is 17.1 Å². The van der Waals surface area contributed by atoms with Gasteiger partial charge < -0.3 is 11.1 Å². The Morgan fingerprint density at radius 2 is 1.84 bits per heavy atom. The fraction of sp³-hybridized carbons (Fsp3) is 0.938. The van der Waals surface area contributed by atoms with Crippen LogP contribution in [0.25, 0.3) is 0 Å². The van der Waals surface area contributed by atoms with Crippen molar-refractivity contribution in [2.75, 3.05) is 6.54 Å². The summed E-state index contributed by atoms with van der Waals surface area (Å²) in [6.07, 6.45) is 7.34. The van der Waals surface area contributed by atoms with Gasteiger partial charge in [0.2, 0.25) is 5.91 Å². The molecule has 0 aromatic carbocycles. The highest BCUT2D eigenvalue weighted by atomic mass is 16.1. The van der Waals surface area contributed by atoms with Crippen molar-refractivity contribution in [3.63, 3.8) is 0 Å². The van der Waals surface area contributed by atoms with E-state index < -0.39 is 0 Å². The summed E-state index contributed by atoms with van der Waals surface area (Å²) in [6, 6.07) is 0. The standard InChI is InChI=1S/C16H32N2O/c1-15(2,3)13(9-12-17)7-8-14(19)18-16(4)10-5-6-11-16/h13H,5-12,17H2,1-4H3,(H,18,19). The molecule has 0 aromatic rings. The molecule has 0 aliphatic heterocycles. The van der Waals surface area contributed by atoms with Crippen molar-refractivity contribution in [1.82, 2.24) is 5.32 Å². The summed E-state index contributed by atoms with van der Waals surface area (Å²) in [5.41, 5.74) is 5.98. The molecule has 1 aliphatic rings. The van der Waals surface area contributed by atoms with Crippen LogP contribution in [0.2, 0.25) is 0 Å². The molecule has 1 rings (SSSR count). The Hall–Kier alpha value is -0.570. The fourth-order valence-electron chi connectivity index (χ4n) is 3.20. The molecule has 1 atom stereocenters. The summed E-state index contributed by atoms with van der Waals surface area (Å²) in [4.78, 5) is 12.1. The smallest absolute Gasteiger partial charge is 0.220 e. The summed E-state index contributed by atoms with van der Waals surface area (Å²) in [7, 11) is 0. The van der Waals surface area contributed by atoms with Crippen molar-refractivity contribution >= 4 is 5.91 Å². The third-order valence-electron chi connectivity index (χ3n) is 4.61. The maximum Gasteiger partial charge on any atom is 0.220 e. The van der Waals surface area contributed by atoms with Crippen LogP contribution in [0.3, 0.4) is 0 Å². The minimum absolute atomic E-state index is 0.0577. The number of amides is 1. The summed E-state index contributed by atoms with van der Waals surface area (Å²) >= 11 is 0. The molecule has 0 spiro atoms. The largest absolute Gasteiger partial charge is 0.351 e. The predicted octanol–water partition coefficient (Wildman–Crippen LogP) is 3.23. The Balaban J connectivity index is 2.39. The van der Waals surface area contributed by atoms with E-state index in [1.807, 2.05) is 0 Å². The molecule has 1 unspecified atom stereocenters. The molecule has 1 fully saturated rings. The van der Waals surface area contributed by atoms with Gasteiger partial charge in [0.1, 0.15) is 0 Å². The number of carbonyl (C=O) groups excluding carboxylic acids is 1. The summed E-state index contributed by atoms with van der Waals surface area (Å²) in [5, 5.41) is 3.23. The van der Waals surface area contributed by atoms with Crippen molar-refractivity contribution in [3.8, 4) is 0 Å². The molecule has 0 radical (unpaired) electrons. The fourth-order valence-corrected chi connectivity index (χ4v) is 3.20. The number of rotatable bonds is 6. The third-order valence-corrected chi connectivity index (χ3v) is 4.61. The van der Waals surface area contributed by atoms with Gasteiger partial charge in [0, 0.05) is 12.0 Å². The first-order valence-electron chi connectivity index (χ1n) is 7.78. The molecular weight excluding hydrogens is 236 g/mol. The SMILES string of the molecule is CC1(NC(=O)CCC(CCN)C(C)(C)C)CCCC1. The van der Waals surface area contributed by atoms with E-state index in [9.17, 15) is 4.79 Å². The lowest BCUT2D eigenvalue weighted by molar-refractivity contribution is -0.123. The highest BCUT2D eigenvalue weighted by Crippen LogP contribution is 2.33. The van der Waals surface area contributed by atoms with Gasteiger partial charge in [-0.3, -0.25) is 4.79 Å². The molecule has 3 heteroatoms. The van der Waals surface area contributed by atoms with Gasteiger partial charge in [-0.2, -0.15) is 0 Å². The van der Waals surface area contributed by atoms with Crippen LogP contribution in [0.15, 0.2) is 0 Å². The maximum absolute atomic E-state index is 12.1. The van der Waals surface area contributed by atoms with E-state index in [0.29, 0.717) is 18.9 Å². The molecule has 3 N–H and O–H groups in total. The molecule has 0 aromatic heterocycles. The second-order valence-corrected chi connectivity index (χ2v) is 7.49. The molecule has 1 aliphatic carbocycles. The highest BCUT2D eigenvalue weighted by molar-refractivity contribution is 5.76. The van der Waals surface area contributed by atoms with Crippen LogP contribution in [-0.4, -0.2) is 18.0 Å². The van der Waals surface area contributed by atoms with Crippen LogP contribution in [0.5, 0.6) is 0 Å². The van der Waals surface area contributed by atoms with Crippen LogP contribution in [-0.2, 0) is 4.79 Å². The first-order chi connectivity index (χ1) is 8.77. The molecule has 3 nitrogen and oxygen atoms in total. The first-order valence-corrected chi connectivity index (χ1v) is 7.78. The van der Waals surface area contributed by atoms with Crippen molar-refractivity contribution < 1.29 is 4.79 Å². The zero-order valence-electron chi connectivity index (χ0n) is 13.2. The van der Waals surface area contributed by atoms with E-state index in [1.165, 1.54) is 12.8 Å². The summed E-state index contributed by atoms with van der Waals surface area (Å²) in [5.74, 6) is 0.746. The molecule has 0 bridgehead atoms. The van der Waals surface area contributed by atoms with Crippen molar-refractivity contribution in [2.45, 2.75) is 78.2 Å². The van der Waals surface area contributed by atoms with E-state index in [2.05, 4.69) is 33.0 Å². The molecule has 1 amide bonds. The number of nitrogens with two attached hydrogens (primary N) is 1. The van der Waals surface area contributed by atoms with Crippen LogP contribution >= 0.6 is 0 Å². The molecular formula is C16H32N2O. The number of hydrogen-bond acceptors (Lipinski definition) is 2. The quantitative estimate of drug-likeness (QED) is 0.777. The second-order valence-electron chi connectivity index (χ2n) is 7.49. The third kappa shape index (κ3) is 5.52. The number of hydrogen-bond donors (Lipinski definition) is 2. The summed E-state index contributed by atoms with van der Waals surface area (Å²) in [6.45, 7) is 9.61. The van der Waals surface area contributed by atoms with Crippen LogP contribution < -0.4 is 11.1 Å². The van der Waals surface area contributed by atoms with Crippen LogP contribution in [0, 0.1) is 11.3 Å². The zero-order valence-corrected chi connectivity index (χ0v) is 13.2. The van der Waals surface area contributed by atoms with Gasteiger partial charge in [0.05, 0.1) is 0 Å². The minimum atomic E-state index is 0.0577. The van der Waals surface area contributed by atoms with Crippen LogP contribution in [0.1, 0.15) is 72.6 Å². The Labute approximate surface area is 118 Å². The van der Waals surface area contributed by atoms with E-state index in [4.69, 9.17) is 5.73 Å². The van der Waals surface area contributed by atoms with Gasteiger partial charge in [-0.1, -0.05) is 33.6 Å².